The van der Waals surface area contributed by atoms with Gasteiger partial charge in [0.1, 0.15) is 11.5 Å². The molecule has 6 rings (SSSR count). The van der Waals surface area contributed by atoms with Crippen LogP contribution in [0.25, 0.3) is 0 Å². The minimum absolute atomic E-state index is 0.289. The summed E-state index contributed by atoms with van der Waals surface area (Å²) in [5.41, 5.74) is -0.754. The molecule has 0 radical (unpaired) electrons. The van der Waals surface area contributed by atoms with Crippen molar-refractivity contribution in [2.45, 2.75) is 42.1 Å². The van der Waals surface area contributed by atoms with Crippen LogP contribution in [0, 0.1) is 5.92 Å². The van der Waals surface area contributed by atoms with Crippen LogP contribution in [-0.2, 0) is 11.2 Å². The zero-order chi connectivity index (χ0) is 24.4. The first-order valence-corrected chi connectivity index (χ1v) is 12.8. The Labute approximate surface area is 213 Å². The summed E-state index contributed by atoms with van der Waals surface area (Å²) in [6, 6.07) is 18.5. The molecule has 0 spiro atoms. The van der Waals surface area contributed by atoms with E-state index in [9.17, 15) is 10.2 Å². The van der Waals surface area contributed by atoms with Gasteiger partial charge in [0, 0.05) is 28.9 Å². The zero-order valence-electron chi connectivity index (χ0n) is 19.8. The molecule has 2 saturated carbocycles. The van der Waals surface area contributed by atoms with Gasteiger partial charge >= 0.3 is 0 Å². The Morgan fingerprint density at radius 1 is 1.11 bits per heavy atom. The highest BCUT2D eigenvalue weighted by Crippen LogP contribution is 2.69. The SMILES string of the molecule is COc1cncc2c1[C@]1(O)[C@H](O)[C@H](CN(C)C3CC3)[C@@H](c3ccccc3)[C@]1(c1ccc(Br)cc1)O2. The summed E-state index contributed by atoms with van der Waals surface area (Å²) in [6.07, 6.45) is 4.41. The smallest absolute Gasteiger partial charge is 0.177 e. The lowest BCUT2D eigenvalue weighted by Crippen LogP contribution is -2.52. The molecule has 0 bridgehead atoms. The molecule has 1 aliphatic heterocycles. The summed E-state index contributed by atoms with van der Waals surface area (Å²) in [7, 11) is 3.66. The third-order valence-corrected chi connectivity index (χ3v) is 8.64. The van der Waals surface area contributed by atoms with Gasteiger partial charge in [-0.25, -0.2) is 0 Å². The van der Waals surface area contributed by atoms with Gasteiger partial charge in [-0.15, -0.1) is 0 Å². The Morgan fingerprint density at radius 3 is 2.49 bits per heavy atom. The third kappa shape index (κ3) is 3.22. The molecule has 2 N–H and O–H groups in total. The Balaban J connectivity index is 1.63. The van der Waals surface area contributed by atoms with Crippen molar-refractivity contribution in [3.63, 3.8) is 0 Å². The fourth-order valence-electron chi connectivity index (χ4n) is 6.43. The van der Waals surface area contributed by atoms with Gasteiger partial charge in [-0.1, -0.05) is 58.4 Å². The monoisotopic (exact) mass is 536 g/mol. The summed E-state index contributed by atoms with van der Waals surface area (Å²) in [4.78, 5) is 6.60. The molecule has 0 saturated heterocycles. The van der Waals surface area contributed by atoms with Crippen LogP contribution in [-0.4, -0.2) is 52.9 Å². The molecule has 0 amide bonds. The van der Waals surface area contributed by atoms with Crippen molar-refractivity contribution in [1.82, 2.24) is 9.88 Å². The fraction of sp³-hybridized carbons (Fsp3) is 0.393. The standard InChI is InChI=1S/C28H29BrN2O4/c1-31(20-12-13-20)16-21-24(17-6-4-3-5-7-17)28(18-8-10-19(29)11-9-18)27(33,26(21)32)25-22(34-2)14-30-15-23(25)35-28/h3-11,14-15,20-21,24,26,32-33H,12-13,16H2,1-2H3/t21-,24-,26-,27+,28+/m1/s1. The highest BCUT2D eigenvalue weighted by molar-refractivity contribution is 9.10. The van der Waals surface area contributed by atoms with Crippen LogP contribution >= 0.6 is 15.9 Å². The average Bonchev–Trinajstić information content (AvgIpc) is 3.67. The number of nitrogens with zero attached hydrogens (tertiary/aromatic N) is 2. The Bertz CT molecular complexity index is 1240. The quantitative estimate of drug-likeness (QED) is 0.491. The molecule has 182 valence electrons. The van der Waals surface area contributed by atoms with Crippen molar-refractivity contribution >= 4 is 15.9 Å². The lowest BCUT2D eigenvalue weighted by atomic mass is 9.70. The number of aliphatic hydroxyl groups excluding tert-OH is 1. The van der Waals surface area contributed by atoms with Crippen molar-refractivity contribution < 1.29 is 19.7 Å². The van der Waals surface area contributed by atoms with Crippen LogP contribution in [0.15, 0.2) is 71.5 Å². The van der Waals surface area contributed by atoms with Crippen LogP contribution in [0.4, 0.5) is 0 Å². The van der Waals surface area contributed by atoms with E-state index in [0.29, 0.717) is 29.6 Å². The lowest BCUT2D eigenvalue weighted by Gasteiger charge is -2.41. The van der Waals surface area contributed by atoms with E-state index in [2.05, 4.69) is 45.0 Å². The molecule has 2 heterocycles. The van der Waals surface area contributed by atoms with Gasteiger partial charge in [0.15, 0.2) is 11.2 Å². The first kappa shape index (κ1) is 23.0. The van der Waals surface area contributed by atoms with Crippen molar-refractivity contribution in [2.75, 3.05) is 20.7 Å². The van der Waals surface area contributed by atoms with Gasteiger partial charge in [-0.3, -0.25) is 4.98 Å². The Kier molecular flexibility index (Phi) is 5.45. The number of ether oxygens (including phenoxy) is 2. The highest BCUT2D eigenvalue weighted by Gasteiger charge is 2.76. The molecule has 0 unspecified atom stereocenters. The van der Waals surface area contributed by atoms with E-state index in [4.69, 9.17) is 9.47 Å². The average molecular weight is 537 g/mol. The highest BCUT2D eigenvalue weighted by atomic mass is 79.9. The Hall–Kier alpha value is -2.45. The van der Waals surface area contributed by atoms with Crippen molar-refractivity contribution in [3.8, 4) is 11.5 Å². The van der Waals surface area contributed by atoms with Crippen LogP contribution in [0.5, 0.6) is 11.5 Å². The van der Waals surface area contributed by atoms with Crippen LogP contribution in [0.2, 0.25) is 0 Å². The van der Waals surface area contributed by atoms with Gasteiger partial charge in [0.05, 0.1) is 31.2 Å². The second-order valence-electron chi connectivity index (χ2n) is 9.99. The largest absolute Gasteiger partial charge is 0.495 e. The van der Waals surface area contributed by atoms with E-state index < -0.39 is 17.3 Å². The molecule has 2 aliphatic carbocycles. The molecule has 1 aromatic heterocycles. The zero-order valence-corrected chi connectivity index (χ0v) is 21.4. The second kappa shape index (κ2) is 8.30. The number of methoxy groups -OCH3 is 1. The molecular weight excluding hydrogens is 508 g/mol. The van der Waals surface area contributed by atoms with Gasteiger partial charge in [-0.05, 0) is 43.1 Å². The number of hydrogen-bond acceptors (Lipinski definition) is 6. The van der Waals surface area contributed by atoms with Crippen LogP contribution in [0.3, 0.4) is 0 Å². The van der Waals surface area contributed by atoms with Gasteiger partial charge in [0.25, 0.3) is 0 Å². The molecule has 7 heteroatoms. The molecular formula is C28H29BrN2O4. The Morgan fingerprint density at radius 2 is 1.83 bits per heavy atom. The van der Waals surface area contributed by atoms with Crippen molar-refractivity contribution in [2.24, 2.45) is 5.92 Å². The minimum Gasteiger partial charge on any atom is -0.495 e. The predicted molar refractivity (Wildman–Crippen MR) is 135 cm³/mol. The van der Waals surface area contributed by atoms with E-state index in [-0.39, 0.29) is 11.8 Å². The second-order valence-corrected chi connectivity index (χ2v) is 10.9. The molecule has 2 aromatic carbocycles. The number of halogens is 1. The number of benzene rings is 2. The molecule has 6 nitrogen and oxygen atoms in total. The maximum absolute atomic E-state index is 12.8. The van der Waals surface area contributed by atoms with E-state index >= 15 is 0 Å². The predicted octanol–water partition coefficient (Wildman–Crippen LogP) is 4.20. The molecule has 35 heavy (non-hydrogen) atoms. The summed E-state index contributed by atoms with van der Waals surface area (Å²) in [6.45, 7) is 0.637. The first-order valence-electron chi connectivity index (χ1n) is 12.0. The summed E-state index contributed by atoms with van der Waals surface area (Å²) < 4.78 is 13.4. The molecule has 2 fully saturated rings. The lowest BCUT2D eigenvalue weighted by molar-refractivity contribution is -0.152. The number of fused-ring (bicyclic) bond motifs is 3. The van der Waals surface area contributed by atoms with E-state index in [0.717, 1.165) is 28.4 Å². The maximum Gasteiger partial charge on any atom is 0.177 e. The molecule has 5 atom stereocenters. The van der Waals surface area contributed by atoms with Gasteiger partial charge in [-0.2, -0.15) is 0 Å². The summed E-state index contributed by atoms with van der Waals surface area (Å²) >= 11 is 3.54. The van der Waals surface area contributed by atoms with E-state index in [1.807, 2.05) is 42.5 Å². The van der Waals surface area contributed by atoms with Gasteiger partial charge in [0.2, 0.25) is 0 Å². The van der Waals surface area contributed by atoms with Crippen molar-refractivity contribution in [3.05, 3.63) is 88.2 Å². The minimum atomic E-state index is -1.75. The van der Waals surface area contributed by atoms with Crippen LogP contribution < -0.4 is 9.47 Å². The molecule has 3 aromatic rings. The summed E-state index contributed by atoms with van der Waals surface area (Å²) in [5.74, 6) is 0.223. The molecule has 3 aliphatic rings. The number of rotatable bonds is 6. The fourth-order valence-corrected chi connectivity index (χ4v) is 6.69. The van der Waals surface area contributed by atoms with Crippen molar-refractivity contribution in [1.29, 1.82) is 0 Å². The number of aliphatic hydroxyl groups is 2. The van der Waals surface area contributed by atoms with E-state index in [1.54, 1.807) is 19.5 Å². The van der Waals surface area contributed by atoms with Crippen LogP contribution in [0.1, 0.15) is 35.4 Å². The van der Waals surface area contributed by atoms with E-state index in [1.165, 1.54) is 0 Å². The normalized spacial score (nSPS) is 31.2. The third-order valence-electron chi connectivity index (χ3n) is 8.12. The first-order chi connectivity index (χ1) is 16.9. The van der Waals surface area contributed by atoms with Gasteiger partial charge < -0.3 is 24.6 Å². The number of hydrogen-bond donors (Lipinski definition) is 2. The number of aromatic nitrogens is 1. The topological polar surface area (TPSA) is 75.0 Å². The summed E-state index contributed by atoms with van der Waals surface area (Å²) in [5, 5.41) is 24.9. The maximum atomic E-state index is 12.8. The number of pyridine rings is 1.